The number of carbonyl (C=O) groups excluding carboxylic acids is 1. The number of benzene rings is 1. The summed E-state index contributed by atoms with van der Waals surface area (Å²) in [6, 6.07) is 6.48. The van der Waals surface area contributed by atoms with Gasteiger partial charge in [-0.2, -0.15) is 0 Å². The molecule has 2 N–H and O–H groups in total. The van der Waals surface area contributed by atoms with Crippen LogP contribution in [0.4, 0.5) is 0 Å². The second-order valence-electron chi connectivity index (χ2n) is 4.92. The second-order valence-corrected chi connectivity index (χ2v) is 5.89. The zero-order valence-corrected chi connectivity index (χ0v) is 14.5. The fraction of sp³-hybridized carbons (Fsp3) is 0.312. The van der Waals surface area contributed by atoms with Gasteiger partial charge in [-0.25, -0.2) is 4.98 Å². The van der Waals surface area contributed by atoms with E-state index in [9.17, 15) is 9.59 Å². The van der Waals surface area contributed by atoms with Gasteiger partial charge in [0, 0.05) is 17.8 Å². The molecule has 2 aromatic rings. The van der Waals surface area contributed by atoms with E-state index in [2.05, 4.69) is 15.3 Å². The van der Waals surface area contributed by atoms with Crippen LogP contribution in [0.2, 0.25) is 0 Å². The van der Waals surface area contributed by atoms with Crippen molar-refractivity contribution in [2.75, 3.05) is 20.0 Å². The molecule has 24 heavy (non-hydrogen) atoms. The van der Waals surface area contributed by atoms with E-state index in [0.29, 0.717) is 16.7 Å². The number of thioether (sulfide) groups is 1. The molecule has 2 rings (SSSR count). The molecule has 0 fully saturated rings. The number of aromatic nitrogens is 2. The summed E-state index contributed by atoms with van der Waals surface area (Å²) >= 11 is 1.16. The van der Waals surface area contributed by atoms with Gasteiger partial charge in [0.1, 0.15) is 11.5 Å². The number of nitrogens with one attached hydrogen (secondary N) is 2. The van der Waals surface area contributed by atoms with Crippen LogP contribution >= 0.6 is 11.8 Å². The average Bonchev–Trinajstić information content (AvgIpc) is 2.59. The van der Waals surface area contributed by atoms with Crippen molar-refractivity contribution < 1.29 is 14.3 Å². The number of ether oxygens (including phenoxy) is 2. The number of aromatic amines is 1. The second kappa shape index (κ2) is 8.39. The summed E-state index contributed by atoms with van der Waals surface area (Å²) in [5.41, 5.74) is 0.573. The van der Waals surface area contributed by atoms with E-state index in [1.807, 2.05) is 13.0 Å². The first-order valence-corrected chi connectivity index (χ1v) is 8.21. The van der Waals surface area contributed by atoms with E-state index in [0.717, 1.165) is 17.3 Å². The molecular formula is C16H19N3O4S. The third-order valence-electron chi connectivity index (χ3n) is 3.27. The first kappa shape index (κ1) is 17.9. The summed E-state index contributed by atoms with van der Waals surface area (Å²) in [4.78, 5) is 29.9. The van der Waals surface area contributed by atoms with Crippen LogP contribution in [-0.4, -0.2) is 35.8 Å². The molecule has 0 saturated carbocycles. The fourth-order valence-corrected chi connectivity index (χ4v) is 2.76. The summed E-state index contributed by atoms with van der Waals surface area (Å²) in [5, 5.41) is 3.30. The maximum atomic E-state index is 12.1. The monoisotopic (exact) mass is 349 g/mol. The first-order valence-electron chi connectivity index (χ1n) is 7.23. The van der Waals surface area contributed by atoms with Crippen molar-refractivity contribution in [3.05, 3.63) is 46.4 Å². The Balaban J connectivity index is 1.99. The number of amides is 1. The Bertz CT molecular complexity index is 763. The van der Waals surface area contributed by atoms with Crippen molar-refractivity contribution in [1.29, 1.82) is 0 Å². The highest BCUT2D eigenvalue weighted by molar-refractivity contribution is 7.99. The van der Waals surface area contributed by atoms with Crippen LogP contribution in [0, 0.1) is 0 Å². The lowest BCUT2D eigenvalue weighted by Gasteiger charge is -2.18. The zero-order valence-electron chi connectivity index (χ0n) is 13.7. The lowest BCUT2D eigenvalue weighted by molar-refractivity contribution is -0.119. The molecule has 1 heterocycles. The molecule has 1 amide bonds. The molecule has 0 aliphatic carbocycles. The SMILES string of the molecule is COc1ccc(OC)c([C@H](C)NC(=O)CSc2nccc(=O)[nH]2)c1. The van der Waals surface area contributed by atoms with Gasteiger partial charge in [0.15, 0.2) is 5.16 Å². The molecule has 0 aliphatic heterocycles. The van der Waals surface area contributed by atoms with E-state index in [1.54, 1.807) is 26.4 Å². The Morgan fingerprint density at radius 2 is 2.12 bits per heavy atom. The predicted molar refractivity (Wildman–Crippen MR) is 91.7 cm³/mol. The summed E-state index contributed by atoms with van der Waals surface area (Å²) in [7, 11) is 3.16. The Morgan fingerprint density at radius 1 is 1.33 bits per heavy atom. The van der Waals surface area contributed by atoms with Crippen molar-refractivity contribution in [3.8, 4) is 11.5 Å². The summed E-state index contributed by atoms with van der Waals surface area (Å²) in [6.45, 7) is 1.86. The minimum absolute atomic E-state index is 0.142. The number of hydrogen-bond acceptors (Lipinski definition) is 6. The Hall–Kier alpha value is -2.48. The van der Waals surface area contributed by atoms with Crippen molar-refractivity contribution >= 4 is 17.7 Å². The van der Waals surface area contributed by atoms with Crippen molar-refractivity contribution in [2.24, 2.45) is 0 Å². The molecule has 1 aromatic carbocycles. The van der Waals surface area contributed by atoms with Crippen molar-refractivity contribution in [3.63, 3.8) is 0 Å². The number of rotatable bonds is 7. The van der Waals surface area contributed by atoms with Gasteiger partial charge in [-0.05, 0) is 25.1 Å². The molecule has 128 valence electrons. The van der Waals surface area contributed by atoms with Gasteiger partial charge < -0.3 is 19.8 Å². The lowest BCUT2D eigenvalue weighted by Crippen LogP contribution is -2.28. The highest BCUT2D eigenvalue weighted by Crippen LogP contribution is 2.29. The average molecular weight is 349 g/mol. The van der Waals surface area contributed by atoms with Crippen LogP contribution in [0.3, 0.4) is 0 Å². The largest absolute Gasteiger partial charge is 0.497 e. The fourth-order valence-electron chi connectivity index (χ4n) is 2.10. The van der Waals surface area contributed by atoms with Crippen LogP contribution in [0.1, 0.15) is 18.5 Å². The molecule has 8 heteroatoms. The summed E-state index contributed by atoms with van der Waals surface area (Å²) in [6.07, 6.45) is 1.41. The number of methoxy groups -OCH3 is 2. The summed E-state index contributed by atoms with van der Waals surface area (Å²) < 4.78 is 10.5. The third kappa shape index (κ3) is 4.76. The van der Waals surface area contributed by atoms with Gasteiger partial charge in [0.05, 0.1) is 26.0 Å². The number of carbonyl (C=O) groups is 1. The van der Waals surface area contributed by atoms with Gasteiger partial charge in [0.2, 0.25) is 5.91 Å². The molecule has 0 aliphatic rings. The van der Waals surface area contributed by atoms with Gasteiger partial charge >= 0.3 is 0 Å². The molecule has 0 bridgehead atoms. The van der Waals surface area contributed by atoms with E-state index >= 15 is 0 Å². The van der Waals surface area contributed by atoms with Crippen molar-refractivity contribution in [1.82, 2.24) is 15.3 Å². The predicted octanol–water partition coefficient (Wildman–Crippen LogP) is 1.76. The van der Waals surface area contributed by atoms with Crippen LogP contribution in [0.5, 0.6) is 11.5 Å². The maximum absolute atomic E-state index is 12.1. The molecule has 1 atom stereocenters. The van der Waals surface area contributed by atoms with E-state index in [4.69, 9.17) is 9.47 Å². The van der Waals surface area contributed by atoms with Crippen LogP contribution in [0.25, 0.3) is 0 Å². The lowest BCUT2D eigenvalue weighted by atomic mass is 10.1. The normalized spacial score (nSPS) is 11.6. The van der Waals surface area contributed by atoms with Gasteiger partial charge in [-0.15, -0.1) is 0 Å². The number of hydrogen-bond donors (Lipinski definition) is 2. The van der Waals surface area contributed by atoms with E-state index in [1.165, 1.54) is 12.3 Å². The Labute approximate surface area is 143 Å². The minimum atomic E-state index is -0.258. The van der Waals surface area contributed by atoms with Gasteiger partial charge in [-0.1, -0.05) is 11.8 Å². The highest BCUT2D eigenvalue weighted by Gasteiger charge is 2.15. The Morgan fingerprint density at radius 3 is 2.79 bits per heavy atom. The summed E-state index contributed by atoms with van der Waals surface area (Å²) in [5.74, 6) is 1.32. The quantitative estimate of drug-likeness (QED) is 0.584. The molecule has 0 unspecified atom stereocenters. The minimum Gasteiger partial charge on any atom is -0.497 e. The standard InChI is InChI=1S/C16H19N3O4S/c1-10(12-8-11(22-2)4-5-13(12)23-3)18-15(21)9-24-16-17-7-6-14(20)19-16/h4-8,10H,9H2,1-3H3,(H,18,21)(H,17,19,20)/t10-/m0/s1. The zero-order chi connectivity index (χ0) is 17.5. The molecule has 7 nitrogen and oxygen atoms in total. The molecule has 0 radical (unpaired) electrons. The van der Waals surface area contributed by atoms with E-state index in [-0.39, 0.29) is 23.3 Å². The molecule has 0 spiro atoms. The van der Waals surface area contributed by atoms with E-state index < -0.39 is 0 Å². The molecular weight excluding hydrogens is 330 g/mol. The van der Waals surface area contributed by atoms with Gasteiger partial charge in [-0.3, -0.25) is 9.59 Å². The Kier molecular flexibility index (Phi) is 6.25. The highest BCUT2D eigenvalue weighted by atomic mass is 32.2. The first-order chi connectivity index (χ1) is 11.5. The number of nitrogens with zero attached hydrogens (tertiary/aromatic N) is 1. The smallest absolute Gasteiger partial charge is 0.251 e. The number of H-pyrrole nitrogens is 1. The van der Waals surface area contributed by atoms with Crippen LogP contribution in [0.15, 0.2) is 40.4 Å². The molecule has 0 saturated heterocycles. The van der Waals surface area contributed by atoms with Crippen LogP contribution < -0.4 is 20.3 Å². The topological polar surface area (TPSA) is 93.3 Å². The van der Waals surface area contributed by atoms with Gasteiger partial charge in [0.25, 0.3) is 5.56 Å². The van der Waals surface area contributed by atoms with Crippen molar-refractivity contribution in [2.45, 2.75) is 18.1 Å². The maximum Gasteiger partial charge on any atom is 0.251 e. The van der Waals surface area contributed by atoms with Crippen LogP contribution in [-0.2, 0) is 4.79 Å². The third-order valence-corrected chi connectivity index (χ3v) is 4.16. The molecule has 1 aromatic heterocycles.